The maximum atomic E-state index is 12.4. The maximum absolute atomic E-state index is 12.4. The molecule has 6 heteroatoms. The molecular weight excluding hydrogens is 366 g/mol. The number of amides is 3. The van der Waals surface area contributed by atoms with Gasteiger partial charge in [0.15, 0.2) is 0 Å². The molecule has 1 aliphatic carbocycles. The van der Waals surface area contributed by atoms with Crippen LogP contribution in [0.15, 0.2) is 48.6 Å². The van der Waals surface area contributed by atoms with Crippen molar-refractivity contribution in [2.45, 2.75) is 32.7 Å². The van der Waals surface area contributed by atoms with E-state index in [9.17, 15) is 14.4 Å². The highest BCUT2D eigenvalue weighted by Crippen LogP contribution is 2.29. The molecule has 3 rings (SSSR count). The van der Waals surface area contributed by atoms with Gasteiger partial charge in [-0.15, -0.1) is 0 Å². The number of primary amides is 1. The molecule has 29 heavy (non-hydrogen) atoms. The van der Waals surface area contributed by atoms with E-state index in [-0.39, 0.29) is 23.4 Å². The minimum atomic E-state index is -0.637. The molecule has 1 aliphatic rings. The Morgan fingerprint density at radius 2 is 1.69 bits per heavy atom. The highest BCUT2D eigenvalue weighted by Gasteiger charge is 2.24. The molecule has 2 aromatic carbocycles. The van der Waals surface area contributed by atoms with Crippen LogP contribution in [0.1, 0.15) is 56.4 Å². The Bertz CT molecular complexity index is 1010. The first-order chi connectivity index (χ1) is 13.8. The van der Waals surface area contributed by atoms with Crippen LogP contribution in [0.2, 0.25) is 0 Å². The van der Waals surface area contributed by atoms with Crippen molar-refractivity contribution >= 4 is 17.7 Å². The van der Waals surface area contributed by atoms with E-state index in [4.69, 9.17) is 5.73 Å². The molecule has 0 bridgehead atoms. The summed E-state index contributed by atoms with van der Waals surface area (Å²) in [6, 6.07) is 10.4. The fourth-order valence-electron chi connectivity index (χ4n) is 3.01. The molecule has 6 nitrogen and oxygen atoms in total. The zero-order valence-electron chi connectivity index (χ0n) is 16.7. The van der Waals surface area contributed by atoms with E-state index in [0.29, 0.717) is 23.2 Å². The number of hydrogen-bond acceptors (Lipinski definition) is 3. The smallest absolute Gasteiger partial charge is 0.251 e. The van der Waals surface area contributed by atoms with Gasteiger partial charge < -0.3 is 16.4 Å². The third-order valence-electron chi connectivity index (χ3n) is 4.80. The van der Waals surface area contributed by atoms with Gasteiger partial charge in [0.2, 0.25) is 5.91 Å². The second kappa shape index (κ2) is 8.31. The second-order valence-electron chi connectivity index (χ2n) is 7.54. The minimum absolute atomic E-state index is 0.134. The quantitative estimate of drug-likeness (QED) is 0.633. The van der Waals surface area contributed by atoms with Crippen LogP contribution in [0.25, 0.3) is 11.1 Å². The summed E-state index contributed by atoms with van der Waals surface area (Å²) < 4.78 is 0. The van der Waals surface area contributed by atoms with Gasteiger partial charge in [0.1, 0.15) is 0 Å². The summed E-state index contributed by atoms with van der Waals surface area (Å²) in [6.45, 7) is 7.82. The number of hydrogen-bond donors (Lipinski definition) is 3. The zero-order chi connectivity index (χ0) is 21.1. The number of benzene rings is 2. The predicted molar refractivity (Wildman–Crippen MR) is 113 cm³/mol. The molecule has 0 saturated heterocycles. The Morgan fingerprint density at radius 1 is 1.03 bits per heavy atom. The Balaban J connectivity index is 1.97. The van der Waals surface area contributed by atoms with E-state index in [1.165, 1.54) is 6.07 Å². The van der Waals surface area contributed by atoms with E-state index < -0.39 is 5.91 Å². The van der Waals surface area contributed by atoms with Gasteiger partial charge in [-0.1, -0.05) is 24.3 Å². The van der Waals surface area contributed by atoms with Gasteiger partial charge in [0.25, 0.3) is 11.8 Å². The van der Waals surface area contributed by atoms with Gasteiger partial charge >= 0.3 is 0 Å². The molecule has 3 amide bonds. The van der Waals surface area contributed by atoms with Crippen LogP contribution in [-0.4, -0.2) is 30.3 Å². The number of rotatable bonds is 7. The van der Waals surface area contributed by atoms with Gasteiger partial charge in [-0.25, -0.2) is 0 Å². The Hall–Kier alpha value is -3.41. The van der Waals surface area contributed by atoms with E-state index >= 15 is 0 Å². The van der Waals surface area contributed by atoms with Crippen molar-refractivity contribution in [3.8, 4) is 11.1 Å². The number of nitrogens with two attached hydrogens (primary N) is 1. The third kappa shape index (κ3) is 4.90. The van der Waals surface area contributed by atoms with Gasteiger partial charge in [0.05, 0.1) is 0 Å². The average Bonchev–Trinajstić information content (AvgIpc) is 3.49. The highest BCUT2D eigenvalue weighted by atomic mass is 16.2. The lowest BCUT2D eigenvalue weighted by Crippen LogP contribution is -2.26. The monoisotopic (exact) mass is 391 g/mol. The molecule has 0 aliphatic heterocycles. The van der Waals surface area contributed by atoms with Crippen molar-refractivity contribution in [2.75, 3.05) is 6.54 Å². The normalized spacial score (nSPS) is 12.9. The molecule has 0 radical (unpaired) electrons. The first-order valence-electron chi connectivity index (χ1n) is 9.54. The van der Waals surface area contributed by atoms with Crippen LogP contribution in [0.5, 0.6) is 0 Å². The highest BCUT2D eigenvalue weighted by molar-refractivity contribution is 6.04. The summed E-state index contributed by atoms with van der Waals surface area (Å²) in [5, 5.41) is 5.70. The molecule has 1 fully saturated rings. The lowest BCUT2D eigenvalue weighted by molar-refractivity contribution is 0.0944. The summed E-state index contributed by atoms with van der Waals surface area (Å²) >= 11 is 0. The van der Waals surface area contributed by atoms with E-state index in [0.717, 1.165) is 29.5 Å². The number of carbonyl (C=O) groups excluding carboxylic acids is 3. The van der Waals surface area contributed by atoms with Crippen molar-refractivity contribution in [3.05, 3.63) is 70.8 Å². The molecule has 0 spiro atoms. The van der Waals surface area contributed by atoms with Crippen LogP contribution >= 0.6 is 0 Å². The SMILES string of the molecule is C=C(C)CNC(=O)c1ccc(-c2cc(C(=O)NC3CC3)ccc2C)c(C(N)=O)c1. The van der Waals surface area contributed by atoms with Crippen molar-refractivity contribution in [1.82, 2.24) is 10.6 Å². The van der Waals surface area contributed by atoms with Crippen LogP contribution in [0.3, 0.4) is 0 Å². The van der Waals surface area contributed by atoms with E-state index in [1.807, 2.05) is 19.9 Å². The average molecular weight is 391 g/mol. The van der Waals surface area contributed by atoms with Gasteiger partial charge in [-0.2, -0.15) is 0 Å². The fourth-order valence-corrected chi connectivity index (χ4v) is 3.01. The van der Waals surface area contributed by atoms with Crippen LogP contribution < -0.4 is 16.4 Å². The minimum Gasteiger partial charge on any atom is -0.366 e. The largest absolute Gasteiger partial charge is 0.366 e. The molecular formula is C23H25N3O3. The summed E-state index contributed by atoms with van der Waals surface area (Å²) in [7, 11) is 0. The Morgan fingerprint density at radius 3 is 2.31 bits per heavy atom. The first-order valence-corrected chi connectivity index (χ1v) is 9.54. The van der Waals surface area contributed by atoms with Gasteiger partial charge in [-0.3, -0.25) is 14.4 Å². The van der Waals surface area contributed by atoms with Crippen molar-refractivity contribution in [1.29, 1.82) is 0 Å². The molecule has 0 unspecified atom stereocenters. The molecule has 0 heterocycles. The standard InChI is InChI=1S/C23H25N3O3/c1-13(2)12-25-22(28)15-6-9-18(20(11-15)21(24)27)19-10-16(5-4-14(19)3)23(29)26-17-7-8-17/h4-6,9-11,17H,1,7-8,12H2,2-3H3,(H2,24,27)(H,25,28)(H,26,29). The Kier molecular flexibility index (Phi) is 5.82. The van der Waals surface area contributed by atoms with Crippen LogP contribution in [-0.2, 0) is 0 Å². The molecule has 0 aromatic heterocycles. The summed E-state index contributed by atoms with van der Waals surface area (Å²) in [5.41, 5.74) is 9.74. The molecule has 0 atom stereocenters. The lowest BCUT2D eigenvalue weighted by Gasteiger charge is -2.14. The lowest BCUT2D eigenvalue weighted by atomic mass is 9.92. The van der Waals surface area contributed by atoms with Crippen molar-refractivity contribution in [3.63, 3.8) is 0 Å². The summed E-state index contributed by atoms with van der Waals surface area (Å²) in [4.78, 5) is 36.9. The van der Waals surface area contributed by atoms with Gasteiger partial charge in [-0.05, 0) is 67.6 Å². The van der Waals surface area contributed by atoms with Crippen LogP contribution in [0, 0.1) is 6.92 Å². The van der Waals surface area contributed by atoms with Gasteiger partial charge in [0, 0.05) is 29.3 Å². The van der Waals surface area contributed by atoms with E-state index in [2.05, 4.69) is 17.2 Å². The number of carbonyl (C=O) groups is 3. The summed E-state index contributed by atoms with van der Waals surface area (Å²) in [6.07, 6.45) is 2.01. The Labute approximate surface area is 170 Å². The third-order valence-corrected chi connectivity index (χ3v) is 4.80. The molecule has 1 saturated carbocycles. The fraction of sp³-hybridized carbons (Fsp3) is 0.261. The summed E-state index contributed by atoms with van der Waals surface area (Å²) in [5.74, 6) is -1.08. The zero-order valence-corrected chi connectivity index (χ0v) is 16.7. The van der Waals surface area contributed by atoms with Crippen molar-refractivity contribution < 1.29 is 14.4 Å². The molecule has 4 N–H and O–H groups in total. The number of aryl methyl sites for hydroxylation is 1. The molecule has 2 aromatic rings. The molecule has 150 valence electrons. The van der Waals surface area contributed by atoms with E-state index in [1.54, 1.807) is 24.3 Å². The van der Waals surface area contributed by atoms with Crippen molar-refractivity contribution in [2.24, 2.45) is 5.73 Å². The topological polar surface area (TPSA) is 101 Å². The second-order valence-corrected chi connectivity index (χ2v) is 7.54. The van der Waals surface area contributed by atoms with Crippen LogP contribution in [0.4, 0.5) is 0 Å². The first kappa shape index (κ1) is 20.3. The number of nitrogens with one attached hydrogen (secondary N) is 2. The maximum Gasteiger partial charge on any atom is 0.251 e. The predicted octanol–water partition coefficient (Wildman–Crippen LogP) is 2.96.